The predicted molar refractivity (Wildman–Crippen MR) is 215 cm³/mol. The van der Waals surface area contributed by atoms with Crippen LogP contribution in [0.3, 0.4) is 0 Å². The van der Waals surface area contributed by atoms with E-state index >= 15 is 0 Å². The van der Waals surface area contributed by atoms with Crippen LogP contribution in [0.5, 0.6) is 0 Å². The highest BCUT2D eigenvalue weighted by Gasteiger charge is 2.66. The molecule has 0 radical (unpaired) electrons. The van der Waals surface area contributed by atoms with Gasteiger partial charge in [0.1, 0.15) is 0 Å². The maximum atomic E-state index is 2.62. The lowest BCUT2D eigenvalue weighted by Crippen LogP contribution is -2.40. The van der Waals surface area contributed by atoms with Gasteiger partial charge in [0.2, 0.25) is 0 Å². The lowest BCUT2D eigenvalue weighted by molar-refractivity contribution is 0.191. The van der Waals surface area contributed by atoms with Crippen molar-refractivity contribution in [3.63, 3.8) is 0 Å². The van der Waals surface area contributed by atoms with E-state index in [1.807, 2.05) is 0 Å². The molecule has 52 heavy (non-hydrogen) atoms. The van der Waals surface area contributed by atoms with E-state index < -0.39 is 0 Å². The average molecular weight is 672 g/mol. The second kappa shape index (κ2) is 10.8. The monoisotopic (exact) mass is 671 g/mol. The summed E-state index contributed by atoms with van der Waals surface area (Å²) in [5, 5.41) is 0. The summed E-state index contributed by atoms with van der Waals surface area (Å²) in [7, 11) is 0. The molecule has 0 aliphatic heterocycles. The Bertz CT molecular complexity index is 2380. The van der Waals surface area contributed by atoms with E-state index in [-0.39, 0.29) is 10.8 Å². The molecule has 5 fully saturated rings. The minimum Gasteiger partial charge on any atom is -0.310 e. The smallest absolute Gasteiger partial charge is 0.0465 e. The van der Waals surface area contributed by atoms with E-state index in [2.05, 4.69) is 144 Å². The fourth-order valence-electron chi connectivity index (χ4n) is 13.3. The Balaban J connectivity index is 0.952. The molecule has 0 heterocycles. The second-order valence-electron chi connectivity index (χ2n) is 17.2. The van der Waals surface area contributed by atoms with E-state index in [9.17, 15) is 0 Å². The average Bonchev–Trinajstić information content (AvgIpc) is 3.84. The summed E-state index contributed by atoms with van der Waals surface area (Å²) >= 11 is 0. The number of benzene rings is 6. The topological polar surface area (TPSA) is 3.24 Å². The molecule has 6 aromatic rings. The fraction of sp³-hybridized carbons (Fsp3) is 0.294. The van der Waals surface area contributed by atoms with Gasteiger partial charge >= 0.3 is 0 Å². The van der Waals surface area contributed by atoms with Gasteiger partial charge in [0.25, 0.3) is 0 Å². The first kappa shape index (κ1) is 29.7. The Labute approximate surface area is 308 Å². The first-order valence-electron chi connectivity index (χ1n) is 20.2. The number of fused-ring (bicyclic) bond motifs is 8. The van der Waals surface area contributed by atoms with Crippen molar-refractivity contribution in [3.05, 3.63) is 162 Å². The standard InChI is InChI=1S/C51H45N/c1-3-11-38(12-4-1)52(40-22-24-43-41-13-5-7-15-45(41)50(48(43)32-40)25-9-2-10-26-50)39-20-17-34(18-21-39)35-19-23-44-42-14-6-8-16-46(42)51(49(44)31-35)37-28-33-27-36(30-37)47(51)29-33/h1,3-8,11-24,31-33,36-37,47H,2,9-10,25-30H2. The van der Waals surface area contributed by atoms with Gasteiger partial charge in [-0.1, -0.05) is 116 Å². The zero-order valence-electron chi connectivity index (χ0n) is 29.9. The molecule has 2 spiro atoms. The molecular weight excluding hydrogens is 627 g/mol. The Morgan fingerprint density at radius 2 is 1.08 bits per heavy atom. The molecule has 1 nitrogen and oxygen atoms in total. The van der Waals surface area contributed by atoms with Crippen molar-refractivity contribution >= 4 is 17.1 Å². The zero-order chi connectivity index (χ0) is 34.0. The SMILES string of the molecule is c1ccc(N(c2ccc(-c3ccc4c(c3)C3(c5ccccc5-4)C4CC5CC(C4)C3C5)cc2)c2ccc3c(c2)C2(CCCCC2)c2ccccc2-3)cc1. The third-order valence-corrected chi connectivity index (χ3v) is 15.0. The largest absolute Gasteiger partial charge is 0.310 e. The summed E-state index contributed by atoms with van der Waals surface area (Å²) in [5.41, 5.74) is 18.9. The van der Waals surface area contributed by atoms with Gasteiger partial charge in [-0.3, -0.25) is 0 Å². The molecule has 1 heteroatoms. The van der Waals surface area contributed by atoms with Gasteiger partial charge in [-0.25, -0.2) is 0 Å². The van der Waals surface area contributed by atoms with Crippen molar-refractivity contribution in [2.45, 2.75) is 68.6 Å². The lowest BCUT2D eigenvalue weighted by atomic mass is 9.59. The van der Waals surface area contributed by atoms with E-state index in [4.69, 9.17) is 0 Å². The van der Waals surface area contributed by atoms with Crippen LogP contribution in [0.4, 0.5) is 17.1 Å². The third-order valence-electron chi connectivity index (χ3n) is 15.0. The minimum atomic E-state index is 0.134. The number of hydrogen-bond donors (Lipinski definition) is 0. The molecule has 5 atom stereocenters. The quantitative estimate of drug-likeness (QED) is 0.180. The van der Waals surface area contributed by atoms with Crippen LogP contribution in [0.25, 0.3) is 33.4 Å². The van der Waals surface area contributed by atoms with Crippen LogP contribution in [0.15, 0.2) is 140 Å². The van der Waals surface area contributed by atoms with Crippen molar-refractivity contribution < 1.29 is 0 Å². The molecule has 0 saturated heterocycles. The fourth-order valence-corrected chi connectivity index (χ4v) is 13.3. The van der Waals surface area contributed by atoms with Crippen LogP contribution in [0.1, 0.15) is 80.0 Å². The summed E-state index contributed by atoms with van der Waals surface area (Å²) in [6.45, 7) is 0. The number of para-hydroxylation sites is 1. The normalized spacial score (nSPS) is 26.4. The first-order valence-corrected chi connectivity index (χ1v) is 20.2. The summed E-state index contributed by atoms with van der Waals surface area (Å²) in [6.07, 6.45) is 12.2. The summed E-state index contributed by atoms with van der Waals surface area (Å²) in [4.78, 5) is 2.48. The highest BCUT2D eigenvalue weighted by Crippen LogP contribution is 2.73. The molecule has 6 aromatic carbocycles. The summed E-state index contributed by atoms with van der Waals surface area (Å²) in [5.74, 6) is 3.48. The Morgan fingerprint density at radius 1 is 0.442 bits per heavy atom. The highest BCUT2D eigenvalue weighted by atomic mass is 15.1. The lowest BCUT2D eigenvalue weighted by Gasteiger charge is -2.44. The molecule has 254 valence electrons. The van der Waals surface area contributed by atoms with Crippen LogP contribution in [-0.2, 0) is 10.8 Å². The van der Waals surface area contributed by atoms with Crippen LogP contribution in [0, 0.1) is 23.7 Å². The van der Waals surface area contributed by atoms with Gasteiger partial charge in [0.15, 0.2) is 0 Å². The van der Waals surface area contributed by atoms with Crippen molar-refractivity contribution in [1.29, 1.82) is 0 Å². The molecule has 0 amide bonds. The van der Waals surface area contributed by atoms with E-state index in [1.54, 1.807) is 16.7 Å². The van der Waals surface area contributed by atoms with Crippen molar-refractivity contribution in [2.75, 3.05) is 4.90 Å². The van der Waals surface area contributed by atoms with E-state index in [1.165, 1.54) is 114 Å². The molecule has 5 unspecified atom stereocenters. The number of nitrogens with zero attached hydrogens (tertiary/aromatic N) is 1. The summed E-state index contributed by atoms with van der Waals surface area (Å²) in [6, 6.07) is 53.9. The molecule has 7 aliphatic rings. The maximum absolute atomic E-state index is 2.62. The summed E-state index contributed by atoms with van der Waals surface area (Å²) < 4.78 is 0. The minimum absolute atomic E-state index is 0.134. The van der Waals surface area contributed by atoms with Crippen LogP contribution >= 0.6 is 0 Å². The maximum Gasteiger partial charge on any atom is 0.0465 e. The molecule has 4 bridgehead atoms. The molecule has 13 rings (SSSR count). The third kappa shape index (κ3) is 3.85. The molecule has 5 saturated carbocycles. The van der Waals surface area contributed by atoms with Crippen LogP contribution in [0.2, 0.25) is 0 Å². The molecular formula is C51H45N. The highest BCUT2D eigenvalue weighted by molar-refractivity contribution is 5.88. The predicted octanol–water partition coefficient (Wildman–Crippen LogP) is 13.4. The molecule has 0 aromatic heterocycles. The molecule has 7 aliphatic carbocycles. The van der Waals surface area contributed by atoms with Crippen LogP contribution < -0.4 is 4.90 Å². The van der Waals surface area contributed by atoms with E-state index in [0.29, 0.717) is 0 Å². The van der Waals surface area contributed by atoms with Crippen molar-refractivity contribution in [2.24, 2.45) is 23.7 Å². The number of rotatable bonds is 4. The van der Waals surface area contributed by atoms with E-state index in [0.717, 1.165) is 23.7 Å². The first-order chi connectivity index (χ1) is 25.7. The van der Waals surface area contributed by atoms with Crippen LogP contribution in [-0.4, -0.2) is 0 Å². The van der Waals surface area contributed by atoms with Gasteiger partial charge in [-0.2, -0.15) is 0 Å². The van der Waals surface area contributed by atoms with Gasteiger partial charge in [-0.05, 0) is 160 Å². The Hall–Kier alpha value is -4.88. The van der Waals surface area contributed by atoms with Crippen molar-refractivity contribution in [3.8, 4) is 33.4 Å². The van der Waals surface area contributed by atoms with Gasteiger partial charge in [0, 0.05) is 27.9 Å². The number of hydrogen-bond acceptors (Lipinski definition) is 1. The second-order valence-corrected chi connectivity index (χ2v) is 17.2. The van der Waals surface area contributed by atoms with Gasteiger partial charge in [-0.15, -0.1) is 0 Å². The molecule has 0 N–H and O–H groups in total. The zero-order valence-corrected chi connectivity index (χ0v) is 29.9. The van der Waals surface area contributed by atoms with Gasteiger partial charge in [0.05, 0.1) is 0 Å². The van der Waals surface area contributed by atoms with Crippen molar-refractivity contribution in [1.82, 2.24) is 0 Å². The Kier molecular flexibility index (Phi) is 6.18. The number of anilines is 3. The van der Waals surface area contributed by atoms with Gasteiger partial charge < -0.3 is 4.90 Å². The Morgan fingerprint density at radius 3 is 1.88 bits per heavy atom.